The highest BCUT2D eigenvalue weighted by Gasteiger charge is 2.14. The Kier molecular flexibility index (Phi) is 7.50. The molecule has 0 aliphatic rings. The summed E-state index contributed by atoms with van der Waals surface area (Å²) in [6.07, 6.45) is 2.45. The SMILES string of the molecule is CCCC(C)CC(=O)Nc1cccc(S(=O)(=O)NCCN)c1. The van der Waals surface area contributed by atoms with Crippen LogP contribution in [0.1, 0.15) is 33.1 Å². The van der Waals surface area contributed by atoms with Gasteiger partial charge in [-0.3, -0.25) is 4.79 Å². The van der Waals surface area contributed by atoms with E-state index >= 15 is 0 Å². The van der Waals surface area contributed by atoms with Crippen LogP contribution >= 0.6 is 0 Å². The molecule has 6 nitrogen and oxygen atoms in total. The van der Waals surface area contributed by atoms with Gasteiger partial charge in [-0.2, -0.15) is 0 Å². The predicted octanol–water partition coefficient (Wildman–Crippen LogP) is 1.69. The lowest BCUT2D eigenvalue weighted by Gasteiger charge is -2.11. The fourth-order valence-corrected chi connectivity index (χ4v) is 3.23. The van der Waals surface area contributed by atoms with E-state index in [0.717, 1.165) is 12.8 Å². The molecule has 0 bridgehead atoms. The Morgan fingerprint density at radius 1 is 1.36 bits per heavy atom. The standard InChI is InChI=1S/C15H25N3O3S/c1-3-5-12(2)10-15(19)18-13-6-4-7-14(11-13)22(20,21)17-9-8-16/h4,6-7,11-12,17H,3,5,8-10,16H2,1-2H3,(H,18,19). The van der Waals surface area contributed by atoms with Crippen LogP contribution in [0.5, 0.6) is 0 Å². The lowest BCUT2D eigenvalue weighted by atomic mass is 10.0. The molecule has 0 fully saturated rings. The second kappa shape index (κ2) is 8.87. The minimum absolute atomic E-state index is 0.106. The zero-order chi connectivity index (χ0) is 16.6. The van der Waals surface area contributed by atoms with Gasteiger partial charge in [-0.25, -0.2) is 13.1 Å². The highest BCUT2D eigenvalue weighted by molar-refractivity contribution is 7.89. The van der Waals surface area contributed by atoms with Crippen LogP contribution in [0.2, 0.25) is 0 Å². The van der Waals surface area contributed by atoms with Crippen LogP contribution in [-0.4, -0.2) is 27.4 Å². The van der Waals surface area contributed by atoms with E-state index in [9.17, 15) is 13.2 Å². The van der Waals surface area contributed by atoms with Crippen molar-refractivity contribution >= 4 is 21.6 Å². The van der Waals surface area contributed by atoms with Crippen molar-refractivity contribution in [2.45, 2.75) is 38.0 Å². The van der Waals surface area contributed by atoms with Gasteiger partial charge < -0.3 is 11.1 Å². The largest absolute Gasteiger partial charge is 0.329 e. The Balaban J connectivity index is 2.74. The number of hydrogen-bond acceptors (Lipinski definition) is 4. The summed E-state index contributed by atoms with van der Waals surface area (Å²) >= 11 is 0. The van der Waals surface area contributed by atoms with Gasteiger partial charge >= 0.3 is 0 Å². The average Bonchev–Trinajstić information content (AvgIpc) is 2.45. The highest BCUT2D eigenvalue weighted by atomic mass is 32.2. The number of benzene rings is 1. The molecule has 4 N–H and O–H groups in total. The molecule has 0 spiro atoms. The number of hydrogen-bond donors (Lipinski definition) is 3. The number of nitrogens with two attached hydrogens (primary N) is 1. The molecule has 0 heterocycles. The van der Waals surface area contributed by atoms with Gasteiger partial charge in [-0.05, 0) is 24.1 Å². The van der Waals surface area contributed by atoms with Crippen molar-refractivity contribution in [3.8, 4) is 0 Å². The summed E-state index contributed by atoms with van der Waals surface area (Å²) < 4.78 is 26.4. The van der Waals surface area contributed by atoms with Crippen LogP contribution in [0.15, 0.2) is 29.2 Å². The van der Waals surface area contributed by atoms with Gasteiger partial charge in [0.05, 0.1) is 4.90 Å². The zero-order valence-electron chi connectivity index (χ0n) is 13.1. The molecule has 0 aliphatic heterocycles. The van der Waals surface area contributed by atoms with Crippen LogP contribution in [0.4, 0.5) is 5.69 Å². The molecule has 0 aliphatic carbocycles. The average molecular weight is 327 g/mol. The lowest BCUT2D eigenvalue weighted by Crippen LogP contribution is -2.29. The monoisotopic (exact) mass is 327 g/mol. The Morgan fingerprint density at radius 3 is 2.73 bits per heavy atom. The van der Waals surface area contributed by atoms with Crippen LogP contribution in [0.25, 0.3) is 0 Å². The maximum absolute atomic E-state index is 12.0. The number of anilines is 1. The molecule has 0 saturated carbocycles. The number of sulfonamides is 1. The van der Waals surface area contributed by atoms with E-state index in [2.05, 4.69) is 17.0 Å². The quantitative estimate of drug-likeness (QED) is 0.642. The van der Waals surface area contributed by atoms with Crippen molar-refractivity contribution in [2.75, 3.05) is 18.4 Å². The number of carbonyl (C=O) groups excluding carboxylic acids is 1. The Bertz CT molecular complexity index is 587. The van der Waals surface area contributed by atoms with E-state index < -0.39 is 10.0 Å². The maximum atomic E-state index is 12.0. The summed E-state index contributed by atoms with van der Waals surface area (Å²) in [5.74, 6) is 0.202. The van der Waals surface area contributed by atoms with Crippen LogP contribution in [0.3, 0.4) is 0 Å². The second-order valence-electron chi connectivity index (χ2n) is 5.36. The number of amides is 1. The van der Waals surface area contributed by atoms with Gasteiger partial charge in [0.15, 0.2) is 0 Å². The van der Waals surface area contributed by atoms with Crippen molar-refractivity contribution in [3.63, 3.8) is 0 Å². The molecule has 22 heavy (non-hydrogen) atoms. The van der Waals surface area contributed by atoms with Crippen molar-refractivity contribution < 1.29 is 13.2 Å². The van der Waals surface area contributed by atoms with Gasteiger partial charge in [0.25, 0.3) is 0 Å². The molecule has 7 heteroatoms. The summed E-state index contributed by atoms with van der Waals surface area (Å²) in [5, 5.41) is 2.74. The van der Waals surface area contributed by atoms with Gasteiger partial charge in [0.1, 0.15) is 0 Å². The number of carbonyl (C=O) groups is 1. The van der Waals surface area contributed by atoms with E-state index in [1.807, 2.05) is 6.92 Å². The normalized spacial score (nSPS) is 12.9. The third-order valence-electron chi connectivity index (χ3n) is 3.18. The molecular weight excluding hydrogens is 302 g/mol. The molecule has 1 aromatic carbocycles. The fourth-order valence-electron chi connectivity index (χ4n) is 2.14. The topological polar surface area (TPSA) is 101 Å². The summed E-state index contributed by atoms with van der Waals surface area (Å²) in [7, 11) is -3.59. The Morgan fingerprint density at radius 2 is 2.09 bits per heavy atom. The second-order valence-corrected chi connectivity index (χ2v) is 7.13. The molecule has 0 aromatic heterocycles. The fraction of sp³-hybridized carbons (Fsp3) is 0.533. The first-order valence-corrected chi connectivity index (χ1v) is 8.97. The van der Waals surface area contributed by atoms with Crippen molar-refractivity contribution in [1.29, 1.82) is 0 Å². The Hall–Kier alpha value is -1.44. The molecular formula is C15H25N3O3S. The van der Waals surface area contributed by atoms with E-state index in [1.54, 1.807) is 12.1 Å². The van der Waals surface area contributed by atoms with Gasteiger partial charge in [0.2, 0.25) is 15.9 Å². The smallest absolute Gasteiger partial charge is 0.240 e. The third-order valence-corrected chi connectivity index (χ3v) is 4.64. The molecule has 1 amide bonds. The highest BCUT2D eigenvalue weighted by Crippen LogP contribution is 2.17. The van der Waals surface area contributed by atoms with Gasteiger partial charge in [-0.15, -0.1) is 0 Å². The number of rotatable bonds is 9. The van der Waals surface area contributed by atoms with Crippen molar-refractivity contribution in [2.24, 2.45) is 11.7 Å². The summed E-state index contributed by atoms with van der Waals surface area (Å²) in [6.45, 7) is 4.51. The third kappa shape index (κ3) is 6.13. The van der Waals surface area contributed by atoms with E-state index in [0.29, 0.717) is 18.0 Å². The summed E-state index contributed by atoms with van der Waals surface area (Å²) in [6, 6.07) is 6.20. The van der Waals surface area contributed by atoms with Crippen molar-refractivity contribution in [1.82, 2.24) is 4.72 Å². The molecule has 124 valence electrons. The summed E-state index contributed by atoms with van der Waals surface area (Å²) in [4.78, 5) is 12.0. The first-order valence-electron chi connectivity index (χ1n) is 7.48. The number of nitrogens with one attached hydrogen (secondary N) is 2. The van der Waals surface area contributed by atoms with Crippen LogP contribution < -0.4 is 15.8 Å². The van der Waals surface area contributed by atoms with E-state index in [4.69, 9.17) is 5.73 Å². The van der Waals surface area contributed by atoms with Gasteiger partial charge in [-0.1, -0.05) is 32.8 Å². The minimum atomic E-state index is -3.59. The summed E-state index contributed by atoms with van der Waals surface area (Å²) in [5.41, 5.74) is 5.77. The predicted molar refractivity (Wildman–Crippen MR) is 88.0 cm³/mol. The molecule has 0 saturated heterocycles. The molecule has 0 radical (unpaired) electrons. The minimum Gasteiger partial charge on any atom is -0.329 e. The molecule has 1 unspecified atom stereocenters. The van der Waals surface area contributed by atoms with Crippen molar-refractivity contribution in [3.05, 3.63) is 24.3 Å². The lowest BCUT2D eigenvalue weighted by molar-refractivity contribution is -0.117. The van der Waals surface area contributed by atoms with Gasteiger partial charge in [0, 0.05) is 25.2 Å². The van der Waals surface area contributed by atoms with Crippen LogP contribution in [-0.2, 0) is 14.8 Å². The Labute approximate surface area is 132 Å². The zero-order valence-corrected chi connectivity index (χ0v) is 13.9. The maximum Gasteiger partial charge on any atom is 0.240 e. The first kappa shape index (κ1) is 18.6. The van der Waals surface area contributed by atoms with E-state index in [1.165, 1.54) is 12.1 Å². The molecule has 1 aromatic rings. The van der Waals surface area contributed by atoms with Crippen LogP contribution in [0, 0.1) is 5.92 Å². The van der Waals surface area contributed by atoms with E-state index in [-0.39, 0.29) is 23.9 Å². The molecule has 1 atom stereocenters. The molecule has 1 rings (SSSR count). The first-order chi connectivity index (χ1) is 10.4.